The molecule has 0 spiro atoms. The summed E-state index contributed by atoms with van der Waals surface area (Å²) < 4.78 is 72.4. The number of carbonyl (C=O) groups excluding carboxylic acids is 2. The number of hydrogen-bond donors (Lipinski definition) is 0. The molecule has 3 aromatic rings. The number of rotatable bonds is 4. The molecule has 4 rings (SSSR count). The predicted octanol–water partition coefficient (Wildman–Crippen LogP) is 5.49. The van der Waals surface area contributed by atoms with Crippen molar-refractivity contribution in [3.8, 4) is 5.75 Å². The summed E-state index contributed by atoms with van der Waals surface area (Å²) in [7, 11) is 0. The SMILES string of the molecule is O=C1C=CCc2ccc(Cc3ccccc3C(=O)Oc3c(F)c(F)c(F)c(F)c3F)cc21. The molecule has 0 heterocycles. The zero-order chi connectivity index (χ0) is 23.0. The Morgan fingerprint density at radius 2 is 1.53 bits per heavy atom. The molecule has 8 heteroatoms. The Kier molecular flexibility index (Phi) is 5.61. The molecule has 0 saturated heterocycles. The fraction of sp³-hybridized carbons (Fsp3) is 0.0833. The number of esters is 1. The molecule has 0 amide bonds. The number of ketones is 1. The molecule has 1 aliphatic rings. The molecule has 0 bridgehead atoms. The Hall–Kier alpha value is -3.81. The van der Waals surface area contributed by atoms with Crippen molar-refractivity contribution in [3.05, 3.63) is 112 Å². The first kappa shape index (κ1) is 21.4. The van der Waals surface area contributed by atoms with E-state index >= 15 is 0 Å². The summed E-state index contributed by atoms with van der Waals surface area (Å²) in [5.74, 6) is -14.4. The minimum Gasteiger partial charge on any atom is -0.416 e. The Balaban J connectivity index is 1.65. The Morgan fingerprint density at radius 3 is 2.25 bits per heavy atom. The summed E-state index contributed by atoms with van der Waals surface area (Å²) in [6, 6.07) is 11.2. The lowest BCUT2D eigenvalue weighted by Crippen LogP contribution is -2.15. The average molecular weight is 444 g/mol. The van der Waals surface area contributed by atoms with E-state index in [1.165, 1.54) is 18.2 Å². The molecule has 3 aromatic carbocycles. The molecule has 0 radical (unpaired) electrons. The highest BCUT2D eigenvalue weighted by molar-refractivity contribution is 6.06. The van der Waals surface area contributed by atoms with Gasteiger partial charge in [0.05, 0.1) is 5.56 Å². The molecule has 3 nitrogen and oxygen atoms in total. The van der Waals surface area contributed by atoms with Crippen LogP contribution >= 0.6 is 0 Å². The van der Waals surface area contributed by atoms with E-state index in [2.05, 4.69) is 4.74 Å². The predicted molar refractivity (Wildman–Crippen MR) is 104 cm³/mol. The van der Waals surface area contributed by atoms with Crippen LogP contribution in [-0.2, 0) is 12.8 Å². The van der Waals surface area contributed by atoms with E-state index in [4.69, 9.17) is 0 Å². The molecule has 0 atom stereocenters. The van der Waals surface area contributed by atoms with Gasteiger partial charge >= 0.3 is 5.97 Å². The van der Waals surface area contributed by atoms with Gasteiger partial charge in [-0.15, -0.1) is 0 Å². The summed E-state index contributed by atoms with van der Waals surface area (Å²) >= 11 is 0. The van der Waals surface area contributed by atoms with Crippen molar-refractivity contribution in [3.63, 3.8) is 0 Å². The minimum atomic E-state index is -2.35. The Bertz CT molecular complexity index is 1270. The van der Waals surface area contributed by atoms with Gasteiger partial charge in [0.25, 0.3) is 0 Å². The van der Waals surface area contributed by atoms with Gasteiger partial charge in [-0.25, -0.2) is 18.0 Å². The standard InChI is InChI=1S/C24H13F5O3/c25-18-19(26)21(28)23(22(29)20(18)27)32-24(31)15-6-2-1-4-14(15)10-12-8-9-13-5-3-7-17(30)16(13)11-12/h1-4,6-9,11H,5,10H2. The molecule has 0 unspecified atom stereocenters. The third kappa shape index (κ3) is 3.79. The van der Waals surface area contributed by atoms with E-state index < -0.39 is 40.8 Å². The summed E-state index contributed by atoms with van der Waals surface area (Å²) in [6.07, 6.45) is 4.01. The molecule has 162 valence electrons. The lowest BCUT2D eigenvalue weighted by molar-refractivity contribution is 0.0714. The third-order valence-corrected chi connectivity index (χ3v) is 5.04. The van der Waals surface area contributed by atoms with Crippen LogP contribution in [0.4, 0.5) is 22.0 Å². The number of halogens is 5. The maximum absolute atomic E-state index is 13.9. The van der Waals surface area contributed by atoms with Crippen LogP contribution in [0.3, 0.4) is 0 Å². The summed E-state index contributed by atoms with van der Waals surface area (Å²) in [5, 5.41) is 0. The van der Waals surface area contributed by atoms with Crippen LogP contribution in [0, 0.1) is 29.1 Å². The molecule has 0 aliphatic heterocycles. The smallest absolute Gasteiger partial charge is 0.344 e. The van der Waals surface area contributed by atoms with E-state index in [1.807, 2.05) is 0 Å². The van der Waals surface area contributed by atoms with Crippen molar-refractivity contribution >= 4 is 11.8 Å². The van der Waals surface area contributed by atoms with Crippen LogP contribution < -0.4 is 4.74 Å². The lowest BCUT2D eigenvalue weighted by atomic mass is 9.91. The van der Waals surface area contributed by atoms with Gasteiger partial charge in [-0.1, -0.05) is 36.4 Å². The molecule has 32 heavy (non-hydrogen) atoms. The zero-order valence-corrected chi connectivity index (χ0v) is 16.2. The average Bonchev–Trinajstić information content (AvgIpc) is 2.80. The van der Waals surface area contributed by atoms with Gasteiger partial charge in [-0.3, -0.25) is 4.79 Å². The highest BCUT2D eigenvalue weighted by Crippen LogP contribution is 2.30. The summed E-state index contributed by atoms with van der Waals surface area (Å²) in [4.78, 5) is 24.7. The minimum absolute atomic E-state index is 0.125. The number of carbonyl (C=O) groups is 2. The summed E-state index contributed by atoms with van der Waals surface area (Å²) in [5.41, 5.74) is 2.33. The fourth-order valence-corrected chi connectivity index (χ4v) is 3.44. The van der Waals surface area contributed by atoms with E-state index in [-0.39, 0.29) is 17.8 Å². The summed E-state index contributed by atoms with van der Waals surface area (Å²) in [6.45, 7) is 0. The van der Waals surface area contributed by atoms with Crippen molar-refractivity contribution in [2.24, 2.45) is 0 Å². The van der Waals surface area contributed by atoms with Crippen molar-refractivity contribution in [2.45, 2.75) is 12.8 Å². The quantitative estimate of drug-likeness (QED) is 0.176. The van der Waals surface area contributed by atoms with Gasteiger partial charge in [0.1, 0.15) is 0 Å². The van der Waals surface area contributed by atoms with Crippen LogP contribution in [-0.4, -0.2) is 11.8 Å². The highest BCUT2D eigenvalue weighted by atomic mass is 19.2. The van der Waals surface area contributed by atoms with Crippen LogP contribution in [0.2, 0.25) is 0 Å². The molecule has 0 fully saturated rings. The number of allylic oxidation sites excluding steroid dienone is 2. The number of fused-ring (bicyclic) bond motifs is 1. The van der Waals surface area contributed by atoms with E-state index in [9.17, 15) is 31.5 Å². The second-order valence-corrected chi connectivity index (χ2v) is 7.08. The van der Waals surface area contributed by atoms with Crippen LogP contribution in [0.1, 0.15) is 37.4 Å². The monoisotopic (exact) mass is 444 g/mol. The first-order chi connectivity index (χ1) is 15.3. The number of ether oxygens (including phenoxy) is 1. The van der Waals surface area contributed by atoms with Gasteiger partial charge in [0, 0.05) is 5.56 Å². The van der Waals surface area contributed by atoms with Crippen molar-refractivity contribution in [1.29, 1.82) is 0 Å². The second kappa shape index (κ2) is 8.37. The number of hydrogen-bond acceptors (Lipinski definition) is 3. The first-order valence-electron chi connectivity index (χ1n) is 9.42. The Labute approximate surface area is 178 Å². The van der Waals surface area contributed by atoms with Crippen molar-refractivity contribution in [2.75, 3.05) is 0 Å². The maximum atomic E-state index is 13.9. The largest absolute Gasteiger partial charge is 0.416 e. The van der Waals surface area contributed by atoms with Crippen LogP contribution in [0.5, 0.6) is 5.75 Å². The van der Waals surface area contributed by atoms with Gasteiger partial charge in [-0.2, -0.15) is 8.78 Å². The third-order valence-electron chi connectivity index (χ3n) is 5.04. The van der Waals surface area contributed by atoms with Gasteiger partial charge in [0.15, 0.2) is 5.78 Å². The van der Waals surface area contributed by atoms with E-state index in [0.29, 0.717) is 23.1 Å². The normalized spacial score (nSPS) is 12.6. The van der Waals surface area contributed by atoms with E-state index in [0.717, 1.165) is 5.56 Å². The topological polar surface area (TPSA) is 43.4 Å². The van der Waals surface area contributed by atoms with Crippen molar-refractivity contribution < 1.29 is 36.3 Å². The van der Waals surface area contributed by atoms with Crippen LogP contribution in [0.25, 0.3) is 0 Å². The molecule has 0 N–H and O–H groups in total. The van der Waals surface area contributed by atoms with Crippen molar-refractivity contribution in [1.82, 2.24) is 0 Å². The molecule has 0 saturated carbocycles. The van der Waals surface area contributed by atoms with Gasteiger partial charge in [-0.05, 0) is 47.7 Å². The molecule has 1 aliphatic carbocycles. The van der Waals surface area contributed by atoms with E-state index in [1.54, 1.807) is 36.4 Å². The van der Waals surface area contributed by atoms with Gasteiger partial charge in [0.2, 0.25) is 34.8 Å². The van der Waals surface area contributed by atoms with Gasteiger partial charge < -0.3 is 4.74 Å². The zero-order valence-electron chi connectivity index (χ0n) is 16.2. The molecule has 0 aromatic heterocycles. The molecular formula is C24H13F5O3. The molecular weight excluding hydrogens is 431 g/mol. The number of benzene rings is 3. The first-order valence-corrected chi connectivity index (χ1v) is 9.42. The van der Waals surface area contributed by atoms with Crippen LogP contribution in [0.15, 0.2) is 54.6 Å². The fourth-order valence-electron chi connectivity index (χ4n) is 3.44. The maximum Gasteiger partial charge on any atom is 0.344 e. The highest BCUT2D eigenvalue weighted by Gasteiger charge is 2.29. The second-order valence-electron chi connectivity index (χ2n) is 7.08. The Morgan fingerprint density at radius 1 is 0.875 bits per heavy atom. The lowest BCUT2D eigenvalue weighted by Gasteiger charge is -2.14.